The van der Waals surface area contributed by atoms with Crippen molar-refractivity contribution in [1.82, 2.24) is 0 Å². The van der Waals surface area contributed by atoms with Crippen molar-refractivity contribution in [3.63, 3.8) is 0 Å². The van der Waals surface area contributed by atoms with E-state index in [1.165, 1.54) is 19.4 Å². The maximum absolute atomic E-state index is 11.2. The zero-order valence-electron chi connectivity index (χ0n) is 8.36. The van der Waals surface area contributed by atoms with Crippen LogP contribution < -0.4 is 0 Å². The second-order valence-electron chi connectivity index (χ2n) is 2.72. The van der Waals surface area contributed by atoms with E-state index in [0.29, 0.717) is 0 Å². The summed E-state index contributed by atoms with van der Waals surface area (Å²) in [7, 11) is -2.69. The summed E-state index contributed by atoms with van der Waals surface area (Å²) in [5.74, 6) is -0.566. The van der Waals surface area contributed by atoms with Crippen molar-refractivity contribution in [1.29, 1.82) is 0 Å². The molecule has 0 amide bonds. The van der Waals surface area contributed by atoms with Gasteiger partial charge in [-0.15, -0.1) is 0 Å². The number of carbonyl (C=O) groups is 1. The van der Waals surface area contributed by atoms with Gasteiger partial charge in [0.05, 0.1) is 6.61 Å². The number of hydrogen-bond donors (Lipinski definition) is 0. The van der Waals surface area contributed by atoms with Gasteiger partial charge in [-0.25, -0.2) is 4.79 Å². The minimum absolute atomic E-state index is 0.00943. The number of esters is 1. The van der Waals surface area contributed by atoms with Gasteiger partial charge < -0.3 is 9.26 Å². The van der Waals surface area contributed by atoms with E-state index in [1.807, 2.05) is 0 Å². The highest BCUT2D eigenvalue weighted by Gasteiger charge is 2.17. The third-order valence-corrected chi connectivity index (χ3v) is 1.69. The average molecular weight is 206 g/mol. The van der Waals surface area contributed by atoms with Crippen LogP contribution in [0.2, 0.25) is 0 Å². The fourth-order valence-corrected chi connectivity index (χ4v) is 1.30. The maximum Gasteiger partial charge on any atom is 0.373 e. The van der Waals surface area contributed by atoms with Gasteiger partial charge in [-0.05, 0) is 19.9 Å². The summed E-state index contributed by atoms with van der Waals surface area (Å²) in [6.07, 6.45) is 1.44. The Balaban J connectivity index is 4.38. The van der Waals surface area contributed by atoms with Gasteiger partial charge in [-0.3, -0.25) is 4.57 Å². The average Bonchev–Trinajstić information content (AvgIpc) is 1.99. The summed E-state index contributed by atoms with van der Waals surface area (Å²) in [5.41, 5.74) is 0. The number of hydrogen-bond acceptors (Lipinski definition) is 4. The Morgan fingerprint density at radius 2 is 2.00 bits per heavy atom. The summed E-state index contributed by atoms with van der Waals surface area (Å²) in [5, 5.41) is 0. The van der Waals surface area contributed by atoms with Gasteiger partial charge in [0.1, 0.15) is 0 Å². The first-order chi connectivity index (χ1) is 5.90. The van der Waals surface area contributed by atoms with Crippen molar-refractivity contribution in [3.05, 3.63) is 11.8 Å². The molecule has 0 saturated heterocycles. The maximum atomic E-state index is 11.2. The molecule has 0 saturated carbocycles. The van der Waals surface area contributed by atoms with E-state index < -0.39 is 13.3 Å². The molecule has 13 heavy (non-hydrogen) atoms. The van der Waals surface area contributed by atoms with Crippen molar-refractivity contribution in [2.75, 3.05) is 19.9 Å². The number of ether oxygens (including phenoxy) is 1. The highest BCUT2D eigenvalue weighted by Crippen LogP contribution is 2.40. The zero-order chi connectivity index (χ0) is 10.5. The Morgan fingerprint density at radius 3 is 2.31 bits per heavy atom. The van der Waals surface area contributed by atoms with Crippen LogP contribution >= 0.6 is 7.37 Å². The monoisotopic (exact) mass is 206 g/mol. The van der Waals surface area contributed by atoms with Gasteiger partial charge in [0.15, 0.2) is 0 Å². The molecule has 0 aliphatic carbocycles. The molecule has 0 aliphatic rings. The predicted molar refractivity (Wildman–Crippen MR) is 50.9 cm³/mol. The van der Waals surface area contributed by atoms with Crippen LogP contribution in [0, 0.1) is 0 Å². The lowest BCUT2D eigenvalue weighted by molar-refractivity contribution is -0.141. The summed E-state index contributed by atoms with van der Waals surface area (Å²) in [4.78, 5) is 11.1. The lowest BCUT2D eigenvalue weighted by atomic mass is 10.5. The van der Waals surface area contributed by atoms with Crippen LogP contribution in [0.25, 0.3) is 0 Å². The minimum atomic E-state index is -2.69. The van der Waals surface area contributed by atoms with E-state index in [0.717, 1.165) is 0 Å². The molecule has 0 aromatic carbocycles. The molecule has 0 fully saturated rings. The lowest BCUT2D eigenvalue weighted by Crippen LogP contribution is -2.09. The number of rotatable bonds is 4. The normalized spacial score (nSPS) is 12.5. The number of allylic oxidation sites excluding steroid dienone is 1. The largest absolute Gasteiger partial charge is 0.460 e. The van der Waals surface area contributed by atoms with Crippen LogP contribution in [0.3, 0.4) is 0 Å². The van der Waals surface area contributed by atoms with Gasteiger partial charge in [-0.1, -0.05) is 0 Å². The molecule has 0 unspecified atom stereocenters. The lowest BCUT2D eigenvalue weighted by Gasteiger charge is -2.11. The molecular formula is C8H15O4P. The first-order valence-electron chi connectivity index (χ1n) is 3.98. The molecule has 0 N–H and O–H groups in total. The summed E-state index contributed by atoms with van der Waals surface area (Å²) in [6, 6.07) is 0. The Labute approximate surface area is 78.4 Å². The molecule has 0 aromatic rings. The van der Waals surface area contributed by atoms with Gasteiger partial charge >= 0.3 is 5.97 Å². The van der Waals surface area contributed by atoms with Gasteiger partial charge in [0, 0.05) is 13.3 Å². The van der Waals surface area contributed by atoms with E-state index in [-0.39, 0.29) is 12.4 Å². The standard InChI is InChI=1S/C8H15O4P/c1-5-7(8(9)11-6-2)12-13(3,4)10/h5H,6H2,1-4H3/b7-5+. The fraction of sp³-hybridized carbons (Fsp3) is 0.625. The molecule has 0 aromatic heterocycles. The molecule has 5 heteroatoms. The second-order valence-corrected chi connectivity index (χ2v) is 5.40. The Morgan fingerprint density at radius 1 is 1.46 bits per heavy atom. The number of carbonyl (C=O) groups excluding carboxylic acids is 1. The molecule has 0 aliphatic heterocycles. The molecule has 4 nitrogen and oxygen atoms in total. The van der Waals surface area contributed by atoms with Crippen LogP contribution in [-0.2, 0) is 18.6 Å². The van der Waals surface area contributed by atoms with Crippen molar-refractivity contribution < 1.29 is 18.6 Å². The van der Waals surface area contributed by atoms with Gasteiger partial charge in [0.25, 0.3) is 0 Å². The van der Waals surface area contributed by atoms with Crippen LogP contribution in [0.5, 0.6) is 0 Å². The Hall–Kier alpha value is -0.760. The van der Waals surface area contributed by atoms with Crippen molar-refractivity contribution >= 4 is 13.3 Å². The second kappa shape index (κ2) is 5.07. The minimum Gasteiger partial charge on any atom is -0.460 e. The van der Waals surface area contributed by atoms with Crippen LogP contribution in [-0.4, -0.2) is 25.9 Å². The van der Waals surface area contributed by atoms with E-state index in [1.54, 1.807) is 13.8 Å². The molecule has 0 atom stereocenters. The highest BCUT2D eigenvalue weighted by molar-refractivity contribution is 7.57. The van der Waals surface area contributed by atoms with Crippen molar-refractivity contribution in [2.45, 2.75) is 13.8 Å². The summed E-state index contributed by atoms with van der Waals surface area (Å²) in [6.45, 7) is 6.48. The SMILES string of the molecule is C/C=C(/OP(C)(C)=O)C(=O)OCC. The summed E-state index contributed by atoms with van der Waals surface area (Å²) < 4.78 is 20.9. The molecule has 0 rings (SSSR count). The van der Waals surface area contributed by atoms with Crippen molar-refractivity contribution in [3.8, 4) is 0 Å². The van der Waals surface area contributed by atoms with Crippen LogP contribution in [0.15, 0.2) is 11.8 Å². The van der Waals surface area contributed by atoms with Crippen molar-refractivity contribution in [2.24, 2.45) is 0 Å². The topological polar surface area (TPSA) is 52.6 Å². The predicted octanol–water partition coefficient (Wildman–Crippen LogP) is 2.01. The fourth-order valence-electron chi connectivity index (χ4n) is 0.647. The highest BCUT2D eigenvalue weighted by atomic mass is 31.2. The quantitative estimate of drug-likeness (QED) is 0.305. The molecule has 0 spiro atoms. The van der Waals surface area contributed by atoms with Crippen LogP contribution in [0.4, 0.5) is 0 Å². The molecular weight excluding hydrogens is 191 g/mol. The first kappa shape index (κ1) is 12.2. The van der Waals surface area contributed by atoms with E-state index in [2.05, 4.69) is 4.74 Å². The third-order valence-electron chi connectivity index (χ3n) is 1.06. The molecule has 0 bridgehead atoms. The smallest absolute Gasteiger partial charge is 0.373 e. The van der Waals surface area contributed by atoms with E-state index in [9.17, 15) is 9.36 Å². The van der Waals surface area contributed by atoms with E-state index >= 15 is 0 Å². The zero-order valence-corrected chi connectivity index (χ0v) is 9.26. The van der Waals surface area contributed by atoms with E-state index in [4.69, 9.17) is 4.52 Å². The molecule has 0 radical (unpaired) electrons. The van der Waals surface area contributed by atoms with Gasteiger partial charge in [0.2, 0.25) is 13.1 Å². The first-order valence-corrected chi connectivity index (χ1v) is 6.50. The molecule has 76 valence electrons. The van der Waals surface area contributed by atoms with Crippen LogP contribution in [0.1, 0.15) is 13.8 Å². The molecule has 0 heterocycles. The third kappa shape index (κ3) is 5.47. The van der Waals surface area contributed by atoms with Gasteiger partial charge in [-0.2, -0.15) is 0 Å². The summed E-state index contributed by atoms with van der Waals surface area (Å²) >= 11 is 0. The Bertz CT molecular complexity index is 251. The Kier molecular flexibility index (Phi) is 4.78.